The molecular formula is C18H16N4O4. The number of aldehydes is 1. The first kappa shape index (κ1) is 17.3. The Morgan fingerprint density at radius 1 is 1.23 bits per heavy atom. The summed E-state index contributed by atoms with van der Waals surface area (Å²) in [7, 11) is 0. The average Bonchev–Trinajstić information content (AvgIpc) is 3.04. The number of carboxylic acid groups (broad SMARTS) is 1. The Kier molecular flexibility index (Phi) is 5.02. The number of aromatic amines is 1. The van der Waals surface area contributed by atoms with Gasteiger partial charge >= 0.3 is 5.97 Å². The molecule has 0 aliphatic carbocycles. The summed E-state index contributed by atoms with van der Waals surface area (Å²) in [5.41, 5.74) is 1.65. The lowest BCUT2D eigenvalue weighted by molar-refractivity contribution is -0.136. The molecule has 0 saturated heterocycles. The van der Waals surface area contributed by atoms with Gasteiger partial charge in [-0.05, 0) is 30.3 Å². The summed E-state index contributed by atoms with van der Waals surface area (Å²) in [6.45, 7) is 0.00256. The van der Waals surface area contributed by atoms with Gasteiger partial charge < -0.3 is 14.9 Å². The van der Waals surface area contributed by atoms with Crippen molar-refractivity contribution in [3.8, 4) is 0 Å². The number of imidazole rings is 1. The van der Waals surface area contributed by atoms with Crippen molar-refractivity contribution in [2.24, 2.45) is 0 Å². The number of anilines is 1. The van der Waals surface area contributed by atoms with Gasteiger partial charge in [-0.15, -0.1) is 0 Å². The number of aliphatic carboxylic acids is 1. The molecule has 2 aromatic heterocycles. The molecule has 132 valence electrons. The summed E-state index contributed by atoms with van der Waals surface area (Å²) >= 11 is 0. The molecule has 0 aliphatic rings. The third-order valence-corrected chi connectivity index (χ3v) is 3.77. The van der Waals surface area contributed by atoms with Crippen LogP contribution in [0.4, 0.5) is 5.82 Å². The monoisotopic (exact) mass is 352 g/mol. The van der Waals surface area contributed by atoms with Gasteiger partial charge in [0.25, 0.3) is 5.91 Å². The molecule has 0 saturated carbocycles. The third kappa shape index (κ3) is 3.75. The molecule has 0 atom stereocenters. The van der Waals surface area contributed by atoms with E-state index in [9.17, 15) is 14.4 Å². The van der Waals surface area contributed by atoms with E-state index in [4.69, 9.17) is 5.11 Å². The summed E-state index contributed by atoms with van der Waals surface area (Å²) in [5.74, 6) is -0.461. The second-order valence-electron chi connectivity index (χ2n) is 5.57. The fourth-order valence-corrected chi connectivity index (χ4v) is 2.57. The lowest BCUT2D eigenvalue weighted by atomic mass is 10.1. The summed E-state index contributed by atoms with van der Waals surface area (Å²) < 4.78 is 0. The fourth-order valence-electron chi connectivity index (χ4n) is 2.57. The molecule has 2 heterocycles. The summed E-state index contributed by atoms with van der Waals surface area (Å²) in [4.78, 5) is 47.2. The van der Waals surface area contributed by atoms with Crippen LogP contribution < -0.4 is 4.90 Å². The number of rotatable bonds is 7. The van der Waals surface area contributed by atoms with E-state index in [1.165, 1.54) is 4.90 Å². The zero-order chi connectivity index (χ0) is 18.5. The third-order valence-electron chi connectivity index (χ3n) is 3.77. The van der Waals surface area contributed by atoms with Crippen LogP contribution in [0.25, 0.3) is 11.0 Å². The number of carboxylic acids is 1. The van der Waals surface area contributed by atoms with E-state index in [0.29, 0.717) is 28.2 Å². The maximum Gasteiger partial charge on any atom is 0.305 e. The van der Waals surface area contributed by atoms with E-state index < -0.39 is 5.97 Å². The number of nitrogens with zero attached hydrogens (tertiary/aromatic N) is 3. The fraction of sp³-hybridized carbons (Fsp3) is 0.167. The molecule has 2 N–H and O–H groups in total. The molecule has 1 aromatic carbocycles. The minimum Gasteiger partial charge on any atom is -0.481 e. The number of H-pyrrole nitrogens is 1. The summed E-state index contributed by atoms with van der Waals surface area (Å²) in [6.07, 6.45) is 2.26. The number of carbonyl (C=O) groups excluding carboxylic acids is 2. The number of pyridine rings is 1. The highest BCUT2D eigenvalue weighted by molar-refractivity contribution is 6.07. The largest absolute Gasteiger partial charge is 0.481 e. The normalized spacial score (nSPS) is 10.6. The minimum atomic E-state index is -0.999. The van der Waals surface area contributed by atoms with Crippen LogP contribution in [0, 0.1) is 0 Å². The lowest BCUT2D eigenvalue weighted by Gasteiger charge is -2.21. The SMILES string of the molecule is O=CCc1nc2ccc(C(=O)N(CCC(=O)O)c3ccccn3)cc2[nH]1. The van der Waals surface area contributed by atoms with Crippen LogP contribution >= 0.6 is 0 Å². The smallest absolute Gasteiger partial charge is 0.305 e. The number of carbonyl (C=O) groups is 3. The van der Waals surface area contributed by atoms with E-state index in [1.807, 2.05) is 0 Å². The molecule has 0 spiro atoms. The molecule has 0 aliphatic heterocycles. The molecule has 0 fully saturated rings. The number of fused-ring (bicyclic) bond motifs is 1. The van der Waals surface area contributed by atoms with Gasteiger partial charge in [0, 0.05) is 18.3 Å². The molecule has 3 rings (SSSR count). The highest BCUT2D eigenvalue weighted by Gasteiger charge is 2.20. The van der Waals surface area contributed by atoms with Gasteiger partial charge in [0.2, 0.25) is 0 Å². The maximum atomic E-state index is 12.9. The first-order valence-corrected chi connectivity index (χ1v) is 7.95. The van der Waals surface area contributed by atoms with E-state index in [0.717, 1.165) is 6.29 Å². The van der Waals surface area contributed by atoms with E-state index in [-0.39, 0.29) is 25.3 Å². The molecule has 0 bridgehead atoms. The van der Waals surface area contributed by atoms with Crippen LogP contribution in [0.3, 0.4) is 0 Å². The van der Waals surface area contributed by atoms with E-state index >= 15 is 0 Å². The Balaban J connectivity index is 1.93. The van der Waals surface area contributed by atoms with Crippen molar-refractivity contribution in [2.45, 2.75) is 12.8 Å². The molecule has 0 radical (unpaired) electrons. The Bertz CT molecular complexity index is 952. The number of benzene rings is 1. The highest BCUT2D eigenvalue weighted by Crippen LogP contribution is 2.19. The predicted molar refractivity (Wildman–Crippen MR) is 94.0 cm³/mol. The Hall–Kier alpha value is -3.55. The average molecular weight is 352 g/mol. The number of aromatic nitrogens is 3. The summed E-state index contributed by atoms with van der Waals surface area (Å²) in [6, 6.07) is 10.0. The van der Waals surface area contributed by atoms with Crippen LogP contribution in [0.5, 0.6) is 0 Å². The zero-order valence-electron chi connectivity index (χ0n) is 13.8. The van der Waals surface area contributed by atoms with Crippen molar-refractivity contribution >= 4 is 35.0 Å². The Labute approximate surface area is 148 Å². The molecule has 3 aromatic rings. The van der Waals surface area contributed by atoms with E-state index in [1.54, 1.807) is 42.6 Å². The minimum absolute atomic E-state index is 0.00256. The molecule has 26 heavy (non-hydrogen) atoms. The second-order valence-corrected chi connectivity index (χ2v) is 5.57. The van der Waals surface area contributed by atoms with Gasteiger partial charge in [0.1, 0.15) is 17.9 Å². The number of nitrogens with one attached hydrogen (secondary N) is 1. The van der Waals surface area contributed by atoms with Gasteiger partial charge in [-0.25, -0.2) is 9.97 Å². The number of hydrogen-bond acceptors (Lipinski definition) is 5. The van der Waals surface area contributed by atoms with Crippen LogP contribution in [0.15, 0.2) is 42.6 Å². The molecule has 8 heteroatoms. The molecule has 0 unspecified atom stereocenters. The first-order valence-electron chi connectivity index (χ1n) is 7.95. The van der Waals surface area contributed by atoms with Gasteiger partial charge in [-0.2, -0.15) is 0 Å². The standard InChI is InChI=1S/C18H16N4O4/c23-10-7-15-20-13-5-4-12(11-14(13)21-15)18(26)22(9-6-17(24)25)16-3-1-2-8-19-16/h1-5,8,10-11H,6-7,9H2,(H,20,21)(H,24,25). The van der Waals surface area contributed by atoms with Gasteiger partial charge in [-0.1, -0.05) is 6.07 Å². The van der Waals surface area contributed by atoms with Gasteiger partial charge in [0.15, 0.2) is 0 Å². The van der Waals surface area contributed by atoms with Gasteiger partial charge in [-0.3, -0.25) is 14.5 Å². The quantitative estimate of drug-likeness (QED) is 0.627. The van der Waals surface area contributed by atoms with Crippen LogP contribution in [0.2, 0.25) is 0 Å². The van der Waals surface area contributed by atoms with Gasteiger partial charge in [0.05, 0.1) is 23.9 Å². The van der Waals surface area contributed by atoms with Crippen molar-refractivity contribution in [2.75, 3.05) is 11.4 Å². The molecular weight excluding hydrogens is 336 g/mol. The van der Waals surface area contributed by atoms with Crippen LogP contribution in [0.1, 0.15) is 22.6 Å². The second kappa shape index (κ2) is 7.56. The van der Waals surface area contributed by atoms with Crippen molar-refractivity contribution in [1.82, 2.24) is 15.0 Å². The topological polar surface area (TPSA) is 116 Å². The zero-order valence-corrected chi connectivity index (χ0v) is 13.8. The predicted octanol–water partition coefficient (Wildman–Crippen LogP) is 1.82. The van der Waals surface area contributed by atoms with Crippen molar-refractivity contribution in [1.29, 1.82) is 0 Å². The first-order chi connectivity index (χ1) is 12.6. The lowest BCUT2D eigenvalue weighted by Crippen LogP contribution is -2.33. The van der Waals surface area contributed by atoms with Crippen LogP contribution in [-0.2, 0) is 16.0 Å². The number of hydrogen-bond donors (Lipinski definition) is 2. The van der Waals surface area contributed by atoms with E-state index in [2.05, 4.69) is 15.0 Å². The van der Waals surface area contributed by atoms with Crippen molar-refractivity contribution in [3.63, 3.8) is 0 Å². The summed E-state index contributed by atoms with van der Waals surface area (Å²) in [5, 5.41) is 8.96. The molecule has 8 nitrogen and oxygen atoms in total. The van der Waals surface area contributed by atoms with Crippen molar-refractivity contribution in [3.05, 3.63) is 54.0 Å². The maximum absolute atomic E-state index is 12.9. The highest BCUT2D eigenvalue weighted by atomic mass is 16.4. The van der Waals surface area contributed by atoms with Crippen LogP contribution in [-0.4, -0.2) is 44.8 Å². The Morgan fingerprint density at radius 2 is 2.08 bits per heavy atom. The Morgan fingerprint density at radius 3 is 2.77 bits per heavy atom. The molecule has 1 amide bonds. The number of amides is 1. The van der Waals surface area contributed by atoms with Crippen molar-refractivity contribution < 1.29 is 19.5 Å².